The third kappa shape index (κ3) is 17.6. The van der Waals surface area contributed by atoms with Crippen LogP contribution in [0.25, 0.3) is 0 Å². The summed E-state index contributed by atoms with van der Waals surface area (Å²) in [4.78, 5) is 0. The summed E-state index contributed by atoms with van der Waals surface area (Å²) in [5.41, 5.74) is 0.191. The number of aliphatic hydroxyl groups excluding tert-OH is 1. The van der Waals surface area contributed by atoms with Crippen LogP contribution in [0.3, 0.4) is 0 Å². The van der Waals surface area contributed by atoms with E-state index >= 15 is 0 Å². The fraction of sp³-hybridized carbons (Fsp3) is 1.00. The summed E-state index contributed by atoms with van der Waals surface area (Å²) < 4.78 is 0. The van der Waals surface area contributed by atoms with Crippen LogP contribution in [0.4, 0.5) is 0 Å². The standard InChI is InChI=1S/C40H88OP3/c1-10-19-28-42(27-18-9,29-20-11-2)37-40(36-41,38-43(30-21-12-3,31-22-13-4)32-23-14-5)39-44(33-24-15-6,34-25-16-7)35-26-17-8/h41H,10-39H2,1-9H3/q+3. The molecule has 0 aromatic carbocycles. The van der Waals surface area contributed by atoms with Gasteiger partial charge < -0.3 is 5.11 Å². The van der Waals surface area contributed by atoms with Gasteiger partial charge in [-0.3, -0.25) is 0 Å². The van der Waals surface area contributed by atoms with Gasteiger partial charge in [0.1, 0.15) is 0 Å². The van der Waals surface area contributed by atoms with Crippen molar-refractivity contribution in [2.24, 2.45) is 5.41 Å². The molecule has 0 saturated heterocycles. The third-order valence-corrected chi connectivity index (χ3v) is 26.5. The summed E-state index contributed by atoms with van der Waals surface area (Å²) >= 11 is 0. The van der Waals surface area contributed by atoms with E-state index in [0.29, 0.717) is 6.61 Å². The molecule has 0 heterocycles. The van der Waals surface area contributed by atoms with Crippen molar-refractivity contribution >= 4 is 21.8 Å². The van der Waals surface area contributed by atoms with E-state index in [-0.39, 0.29) is 5.41 Å². The molecule has 0 aromatic heterocycles. The predicted molar refractivity (Wildman–Crippen MR) is 218 cm³/mol. The molecule has 0 radical (unpaired) electrons. The molecule has 0 atom stereocenters. The molecule has 1 nitrogen and oxygen atoms in total. The zero-order chi connectivity index (χ0) is 33.2. The van der Waals surface area contributed by atoms with Gasteiger partial charge in [0.2, 0.25) is 0 Å². The topological polar surface area (TPSA) is 20.2 Å². The Kier molecular flexibility index (Phi) is 27.9. The Balaban J connectivity index is 7.39. The fourth-order valence-electron chi connectivity index (χ4n) is 8.57. The number of rotatable bonds is 33. The molecule has 0 amide bonds. The van der Waals surface area contributed by atoms with E-state index in [4.69, 9.17) is 0 Å². The van der Waals surface area contributed by atoms with Gasteiger partial charge in [-0.1, -0.05) is 114 Å². The molecule has 0 fully saturated rings. The molecular weight excluding hydrogens is 589 g/mol. The minimum Gasteiger partial charge on any atom is -0.395 e. The van der Waals surface area contributed by atoms with Crippen LogP contribution in [0.1, 0.15) is 171 Å². The Morgan fingerprint density at radius 3 is 0.682 bits per heavy atom. The second-order valence-corrected chi connectivity index (χ2v) is 28.5. The van der Waals surface area contributed by atoms with Crippen LogP contribution in [0.2, 0.25) is 0 Å². The quantitative estimate of drug-likeness (QED) is 0.0686. The maximum absolute atomic E-state index is 12.1. The Bertz CT molecular complexity index is 551. The molecule has 0 saturated carbocycles. The summed E-state index contributed by atoms with van der Waals surface area (Å²) in [6.07, 6.45) is 41.4. The Hall–Kier alpha value is 1.25. The summed E-state index contributed by atoms with van der Waals surface area (Å²) in [7, 11) is -3.38. The van der Waals surface area contributed by atoms with Gasteiger partial charge in [0.05, 0.1) is 86.0 Å². The molecular formula is C40H88OP3+3. The molecule has 44 heavy (non-hydrogen) atoms. The summed E-state index contributed by atoms with van der Waals surface area (Å²) in [5, 5.41) is 12.1. The van der Waals surface area contributed by atoms with Crippen molar-refractivity contribution in [3.05, 3.63) is 0 Å². The van der Waals surface area contributed by atoms with Gasteiger partial charge in [0.25, 0.3) is 0 Å². The van der Waals surface area contributed by atoms with Gasteiger partial charge in [-0.2, -0.15) is 0 Å². The maximum Gasteiger partial charge on any atom is 0.0938 e. The summed E-state index contributed by atoms with van der Waals surface area (Å²) in [6, 6.07) is 0. The Labute approximate surface area is 283 Å². The lowest BCUT2D eigenvalue weighted by atomic mass is 9.97. The fourth-order valence-corrected chi connectivity index (χ4v) is 26.6. The van der Waals surface area contributed by atoms with Gasteiger partial charge in [-0.05, 0) is 57.8 Å². The van der Waals surface area contributed by atoms with Gasteiger partial charge in [0.15, 0.2) is 0 Å². The predicted octanol–water partition coefficient (Wildman–Crippen LogP) is 13.8. The highest BCUT2D eigenvalue weighted by atomic mass is 31.2. The highest BCUT2D eigenvalue weighted by Crippen LogP contribution is 2.73. The average molecular weight is 678 g/mol. The first-order valence-corrected chi connectivity index (χ1v) is 28.0. The average Bonchev–Trinajstić information content (AvgIpc) is 3.04. The Morgan fingerprint density at radius 1 is 0.318 bits per heavy atom. The van der Waals surface area contributed by atoms with E-state index < -0.39 is 21.8 Å². The molecule has 0 spiro atoms. The van der Waals surface area contributed by atoms with Crippen molar-refractivity contribution in [2.45, 2.75) is 171 Å². The smallest absolute Gasteiger partial charge is 0.0938 e. The first-order chi connectivity index (χ1) is 21.2. The lowest BCUT2D eigenvalue weighted by molar-refractivity contribution is 0.183. The van der Waals surface area contributed by atoms with E-state index in [2.05, 4.69) is 62.3 Å². The monoisotopic (exact) mass is 678 g/mol. The van der Waals surface area contributed by atoms with E-state index in [1.807, 2.05) is 0 Å². The zero-order valence-corrected chi connectivity index (χ0v) is 35.2. The number of hydrogen-bond donors (Lipinski definition) is 1. The summed E-state index contributed by atoms with van der Waals surface area (Å²) in [6.45, 7) is 22.4. The second-order valence-electron chi connectivity index (χ2n) is 15.5. The molecule has 266 valence electrons. The van der Waals surface area contributed by atoms with E-state index in [1.54, 1.807) is 0 Å². The highest BCUT2D eigenvalue weighted by molar-refractivity contribution is 7.78. The van der Waals surface area contributed by atoms with Gasteiger partial charge in [-0.25, -0.2) is 0 Å². The van der Waals surface area contributed by atoms with Gasteiger partial charge >= 0.3 is 0 Å². The third-order valence-electron chi connectivity index (χ3n) is 10.9. The largest absolute Gasteiger partial charge is 0.395 e. The van der Waals surface area contributed by atoms with Crippen LogP contribution in [-0.2, 0) is 0 Å². The maximum atomic E-state index is 12.1. The lowest BCUT2D eigenvalue weighted by Gasteiger charge is -2.44. The van der Waals surface area contributed by atoms with Crippen LogP contribution in [-0.4, -0.2) is 85.7 Å². The Morgan fingerprint density at radius 2 is 0.523 bits per heavy atom. The number of aliphatic hydroxyl groups is 1. The SMILES string of the molecule is CCCC[P+](CCC)(CCCC)CC(CO)(C[P+](CCCC)(CCCC)CCCC)C[P+](CCCC)(CCCC)CCCC. The van der Waals surface area contributed by atoms with Crippen LogP contribution in [0.15, 0.2) is 0 Å². The van der Waals surface area contributed by atoms with Crippen molar-refractivity contribution in [1.82, 2.24) is 0 Å². The molecule has 0 aromatic rings. The number of hydrogen-bond acceptors (Lipinski definition) is 1. The van der Waals surface area contributed by atoms with Gasteiger partial charge in [-0.15, -0.1) is 0 Å². The van der Waals surface area contributed by atoms with E-state index in [0.717, 1.165) is 0 Å². The molecule has 0 bridgehead atoms. The molecule has 0 aliphatic carbocycles. The van der Waals surface area contributed by atoms with Crippen LogP contribution >= 0.6 is 21.8 Å². The van der Waals surface area contributed by atoms with Crippen LogP contribution < -0.4 is 0 Å². The van der Waals surface area contributed by atoms with Crippen molar-refractivity contribution in [3.63, 3.8) is 0 Å². The van der Waals surface area contributed by atoms with Crippen LogP contribution in [0, 0.1) is 5.41 Å². The van der Waals surface area contributed by atoms with Crippen molar-refractivity contribution < 1.29 is 5.11 Å². The molecule has 0 unspecified atom stereocenters. The van der Waals surface area contributed by atoms with Crippen LogP contribution in [0.5, 0.6) is 0 Å². The molecule has 0 rings (SSSR count). The van der Waals surface area contributed by atoms with E-state index in [9.17, 15) is 5.11 Å². The zero-order valence-electron chi connectivity index (χ0n) is 32.5. The number of unbranched alkanes of at least 4 members (excludes halogenated alkanes) is 8. The van der Waals surface area contributed by atoms with E-state index in [1.165, 1.54) is 183 Å². The van der Waals surface area contributed by atoms with Gasteiger partial charge in [0, 0.05) is 21.8 Å². The first-order valence-electron chi connectivity index (χ1n) is 20.4. The molecule has 0 aliphatic heterocycles. The molecule has 0 aliphatic rings. The normalized spacial score (nSPS) is 13.2. The lowest BCUT2D eigenvalue weighted by Crippen LogP contribution is -2.43. The first kappa shape index (κ1) is 45.2. The van der Waals surface area contributed by atoms with Crippen molar-refractivity contribution in [3.8, 4) is 0 Å². The summed E-state index contributed by atoms with van der Waals surface area (Å²) in [5.74, 6) is 0. The minimum atomic E-state index is -1.13. The van der Waals surface area contributed by atoms with Crippen molar-refractivity contribution in [1.29, 1.82) is 0 Å². The second kappa shape index (κ2) is 27.1. The molecule has 4 heteroatoms. The molecule has 1 N–H and O–H groups in total. The van der Waals surface area contributed by atoms with Crippen molar-refractivity contribution in [2.75, 3.05) is 80.5 Å². The minimum absolute atomic E-state index is 0.191. The highest BCUT2D eigenvalue weighted by Gasteiger charge is 2.56.